The van der Waals surface area contributed by atoms with E-state index in [0.29, 0.717) is 6.04 Å². The molecule has 0 aliphatic carbocycles. The van der Waals surface area contributed by atoms with Crippen LogP contribution in [0, 0.1) is 0 Å². The molecule has 0 bridgehead atoms. The first-order valence-corrected chi connectivity index (χ1v) is 8.76. The number of anilines is 1. The Bertz CT molecular complexity index is 463. The predicted molar refractivity (Wildman–Crippen MR) is 95.0 cm³/mol. The van der Waals surface area contributed by atoms with Crippen LogP contribution in [0.15, 0.2) is 22.7 Å². The molecule has 2 atom stereocenters. The molecule has 1 heterocycles. The van der Waals surface area contributed by atoms with Crippen LogP contribution in [0.3, 0.4) is 0 Å². The molecule has 2 rings (SSSR count). The zero-order valence-corrected chi connectivity index (χ0v) is 15.1. The number of halogens is 1. The maximum absolute atomic E-state index is 6.17. The maximum Gasteiger partial charge on any atom is 0.0414 e. The summed E-state index contributed by atoms with van der Waals surface area (Å²) in [5, 5.41) is 0. The zero-order chi connectivity index (χ0) is 15.4. The third kappa shape index (κ3) is 4.44. The number of rotatable bonds is 5. The van der Waals surface area contributed by atoms with Crippen LogP contribution >= 0.6 is 15.9 Å². The van der Waals surface area contributed by atoms with Crippen LogP contribution in [0.25, 0.3) is 0 Å². The predicted octanol–water partition coefficient (Wildman–Crippen LogP) is 3.26. The van der Waals surface area contributed by atoms with Gasteiger partial charge >= 0.3 is 0 Å². The first-order chi connectivity index (χ1) is 10.0. The second-order valence-corrected chi connectivity index (χ2v) is 7.23. The fourth-order valence-electron chi connectivity index (χ4n) is 3.12. The van der Waals surface area contributed by atoms with Gasteiger partial charge in [-0.1, -0.05) is 28.9 Å². The van der Waals surface area contributed by atoms with Gasteiger partial charge in [0.1, 0.15) is 0 Å². The Hall–Kier alpha value is -0.580. The lowest BCUT2D eigenvalue weighted by Crippen LogP contribution is -2.45. The van der Waals surface area contributed by atoms with E-state index >= 15 is 0 Å². The first kappa shape index (κ1) is 16.8. The van der Waals surface area contributed by atoms with Gasteiger partial charge in [0.15, 0.2) is 0 Å². The van der Waals surface area contributed by atoms with Crippen molar-refractivity contribution >= 4 is 21.6 Å². The van der Waals surface area contributed by atoms with E-state index in [1.807, 2.05) is 0 Å². The largest absolute Gasteiger partial charge is 0.370 e. The molecular formula is C17H28BrN3. The number of nitrogens with zero attached hydrogens (tertiary/aromatic N) is 2. The van der Waals surface area contributed by atoms with Crippen LogP contribution in [0.4, 0.5) is 5.69 Å². The lowest BCUT2D eigenvalue weighted by Gasteiger charge is -2.38. The Kier molecular flexibility index (Phi) is 6.08. The van der Waals surface area contributed by atoms with Crippen LogP contribution in [0.5, 0.6) is 0 Å². The number of benzene rings is 1. The van der Waals surface area contributed by atoms with Crippen molar-refractivity contribution in [1.29, 1.82) is 0 Å². The van der Waals surface area contributed by atoms with Crippen molar-refractivity contribution in [3.05, 3.63) is 28.2 Å². The molecule has 1 aliphatic rings. The molecule has 4 heteroatoms. The van der Waals surface area contributed by atoms with Gasteiger partial charge < -0.3 is 15.5 Å². The van der Waals surface area contributed by atoms with Gasteiger partial charge in [0, 0.05) is 35.8 Å². The van der Waals surface area contributed by atoms with E-state index in [9.17, 15) is 0 Å². The highest BCUT2D eigenvalue weighted by Crippen LogP contribution is 2.29. The number of piperidine rings is 1. The Balaban J connectivity index is 2.21. The smallest absolute Gasteiger partial charge is 0.0414 e. The van der Waals surface area contributed by atoms with Crippen molar-refractivity contribution in [1.82, 2.24) is 4.90 Å². The van der Waals surface area contributed by atoms with Crippen molar-refractivity contribution in [2.75, 3.05) is 32.1 Å². The summed E-state index contributed by atoms with van der Waals surface area (Å²) in [4.78, 5) is 4.89. The lowest BCUT2D eigenvalue weighted by molar-refractivity contribution is 0.248. The summed E-state index contributed by atoms with van der Waals surface area (Å²) in [6, 6.07) is 7.42. The Morgan fingerprint density at radius 1 is 1.48 bits per heavy atom. The van der Waals surface area contributed by atoms with E-state index in [1.165, 1.54) is 30.6 Å². The minimum absolute atomic E-state index is 0.243. The van der Waals surface area contributed by atoms with Gasteiger partial charge in [-0.25, -0.2) is 0 Å². The normalized spacial score (nSPS) is 21.3. The topological polar surface area (TPSA) is 32.5 Å². The highest BCUT2D eigenvalue weighted by molar-refractivity contribution is 9.10. The quantitative estimate of drug-likeness (QED) is 0.881. The highest BCUT2D eigenvalue weighted by atomic mass is 79.9. The molecule has 1 aromatic rings. The van der Waals surface area contributed by atoms with Gasteiger partial charge in [-0.15, -0.1) is 0 Å². The molecule has 0 saturated carbocycles. The average molecular weight is 354 g/mol. The molecule has 0 amide bonds. The average Bonchev–Trinajstić information content (AvgIpc) is 2.48. The molecule has 0 spiro atoms. The highest BCUT2D eigenvalue weighted by Gasteiger charge is 2.23. The fraction of sp³-hybridized carbons (Fsp3) is 0.647. The van der Waals surface area contributed by atoms with Crippen molar-refractivity contribution in [3.63, 3.8) is 0 Å². The maximum atomic E-state index is 6.17. The Morgan fingerprint density at radius 3 is 2.90 bits per heavy atom. The first-order valence-electron chi connectivity index (χ1n) is 7.96. The second kappa shape index (κ2) is 7.61. The molecule has 1 fully saturated rings. The third-order valence-electron chi connectivity index (χ3n) is 4.58. The standard InChI is InChI=1S/C17H28BrN3/c1-4-15(19)10-13-7-8-14(18)11-17(13)21(3)16-6-5-9-20(2)12-16/h7-8,11,15-16H,4-6,9-10,12,19H2,1-3H3. The van der Waals surface area contributed by atoms with Crippen LogP contribution in [0.1, 0.15) is 31.7 Å². The summed E-state index contributed by atoms with van der Waals surface area (Å²) in [5.41, 5.74) is 8.87. The van der Waals surface area contributed by atoms with Crippen LogP contribution in [-0.4, -0.2) is 44.2 Å². The van der Waals surface area contributed by atoms with Crippen molar-refractivity contribution in [2.45, 2.75) is 44.7 Å². The summed E-state index contributed by atoms with van der Waals surface area (Å²) in [6.45, 7) is 4.52. The van der Waals surface area contributed by atoms with Crippen LogP contribution < -0.4 is 10.6 Å². The van der Waals surface area contributed by atoms with Crippen LogP contribution in [0.2, 0.25) is 0 Å². The molecule has 118 valence electrons. The molecule has 1 saturated heterocycles. The monoisotopic (exact) mass is 353 g/mol. The number of hydrogen-bond acceptors (Lipinski definition) is 3. The molecule has 2 N–H and O–H groups in total. The summed E-state index contributed by atoms with van der Waals surface area (Å²) < 4.78 is 1.14. The SMILES string of the molecule is CCC(N)Cc1ccc(Br)cc1N(C)C1CCCN(C)C1. The van der Waals surface area contributed by atoms with E-state index in [2.05, 4.69) is 64.9 Å². The summed E-state index contributed by atoms with van der Waals surface area (Å²) in [7, 11) is 4.45. The number of nitrogens with two attached hydrogens (primary N) is 1. The zero-order valence-electron chi connectivity index (χ0n) is 13.5. The Morgan fingerprint density at radius 2 is 2.24 bits per heavy atom. The van der Waals surface area contributed by atoms with E-state index in [0.717, 1.165) is 23.9 Å². The summed E-state index contributed by atoms with van der Waals surface area (Å²) in [5.74, 6) is 0. The fourth-order valence-corrected chi connectivity index (χ4v) is 3.47. The van der Waals surface area contributed by atoms with Crippen molar-refractivity contribution in [2.24, 2.45) is 5.73 Å². The summed E-state index contributed by atoms with van der Waals surface area (Å²) >= 11 is 3.62. The second-order valence-electron chi connectivity index (χ2n) is 6.31. The van der Waals surface area contributed by atoms with Gasteiger partial charge in [-0.05, 0) is 57.0 Å². The van der Waals surface area contributed by atoms with Crippen molar-refractivity contribution < 1.29 is 0 Å². The van der Waals surface area contributed by atoms with E-state index in [4.69, 9.17) is 5.73 Å². The van der Waals surface area contributed by atoms with Crippen molar-refractivity contribution in [3.8, 4) is 0 Å². The van der Waals surface area contributed by atoms with Gasteiger partial charge in [0.05, 0.1) is 0 Å². The minimum Gasteiger partial charge on any atom is -0.370 e. The van der Waals surface area contributed by atoms with Gasteiger partial charge in [0.25, 0.3) is 0 Å². The molecule has 1 aliphatic heterocycles. The Labute approximate surface area is 137 Å². The number of likely N-dealkylation sites (tertiary alicyclic amines) is 1. The molecule has 2 unspecified atom stereocenters. The van der Waals surface area contributed by atoms with Gasteiger partial charge in [-0.2, -0.15) is 0 Å². The summed E-state index contributed by atoms with van der Waals surface area (Å²) in [6.07, 6.45) is 4.52. The third-order valence-corrected chi connectivity index (χ3v) is 5.07. The lowest BCUT2D eigenvalue weighted by atomic mass is 9.99. The van der Waals surface area contributed by atoms with Crippen LogP contribution in [-0.2, 0) is 6.42 Å². The molecule has 3 nitrogen and oxygen atoms in total. The van der Waals surface area contributed by atoms with E-state index < -0.39 is 0 Å². The minimum atomic E-state index is 0.243. The molecule has 21 heavy (non-hydrogen) atoms. The molecule has 0 radical (unpaired) electrons. The van der Waals surface area contributed by atoms with Gasteiger partial charge in [-0.3, -0.25) is 0 Å². The molecule has 0 aromatic heterocycles. The van der Waals surface area contributed by atoms with E-state index in [-0.39, 0.29) is 6.04 Å². The van der Waals surface area contributed by atoms with E-state index in [1.54, 1.807) is 0 Å². The number of likely N-dealkylation sites (N-methyl/N-ethyl adjacent to an activating group) is 2. The molecule has 1 aromatic carbocycles. The number of hydrogen-bond donors (Lipinski definition) is 1. The molecular weight excluding hydrogens is 326 g/mol. The van der Waals surface area contributed by atoms with Gasteiger partial charge in [0.2, 0.25) is 0 Å².